The normalized spacial score (nSPS) is 19.4. The SMILES string of the molecule is COC(=O)N[C@@H](CCC(=O)N1CCC[C@H]1c1ncc(-c2ccc(-c3ccc4c(c3)OCCCCOC[C@H](NC(=O)OC)C(=O)N3CCC[C@H]3c3ncc-4[nH]3)cc2)[nH]1)Cc1ccccc1F. The number of H-pyrrole nitrogens is 2. The Hall–Kier alpha value is -6.75. The first-order chi connectivity index (χ1) is 31.7. The van der Waals surface area contributed by atoms with Crippen molar-refractivity contribution in [3.63, 3.8) is 0 Å². The number of benzene rings is 3. The van der Waals surface area contributed by atoms with Gasteiger partial charge in [0.25, 0.3) is 0 Å². The van der Waals surface area contributed by atoms with Gasteiger partial charge in [0.05, 0.1) is 63.3 Å². The smallest absolute Gasteiger partial charge is 0.407 e. The summed E-state index contributed by atoms with van der Waals surface area (Å²) in [7, 11) is 2.54. The van der Waals surface area contributed by atoms with Crippen molar-refractivity contribution in [2.24, 2.45) is 0 Å². The molecule has 5 aromatic rings. The van der Waals surface area contributed by atoms with Crippen LogP contribution in [0.1, 0.15) is 80.7 Å². The number of rotatable bonds is 10. The van der Waals surface area contributed by atoms with Gasteiger partial charge in [0.2, 0.25) is 11.8 Å². The van der Waals surface area contributed by atoms with Gasteiger partial charge in [0.15, 0.2) is 0 Å². The third-order valence-electron chi connectivity index (χ3n) is 12.4. The number of carbonyl (C=O) groups excluding carboxylic acids is 4. The lowest BCUT2D eigenvalue weighted by molar-refractivity contribution is -0.136. The summed E-state index contributed by atoms with van der Waals surface area (Å²) < 4.78 is 36.4. The van der Waals surface area contributed by atoms with Crippen LogP contribution < -0.4 is 15.4 Å². The Kier molecular flexibility index (Phi) is 14.4. The first-order valence-corrected chi connectivity index (χ1v) is 22.3. The summed E-state index contributed by atoms with van der Waals surface area (Å²) in [6.45, 7) is 1.98. The topological polar surface area (TPSA) is 193 Å². The first-order valence-electron chi connectivity index (χ1n) is 22.3. The minimum atomic E-state index is -0.885. The number of carbonyl (C=O) groups is 4. The number of aromatic amines is 2. The second-order valence-electron chi connectivity index (χ2n) is 16.6. The molecule has 2 bridgehead atoms. The van der Waals surface area contributed by atoms with Crippen molar-refractivity contribution in [2.45, 2.75) is 82.0 Å². The number of ether oxygens (including phenoxy) is 4. The van der Waals surface area contributed by atoms with E-state index in [4.69, 9.17) is 28.9 Å². The van der Waals surface area contributed by atoms with Gasteiger partial charge in [0.1, 0.15) is 29.3 Å². The summed E-state index contributed by atoms with van der Waals surface area (Å²) in [5.41, 5.74) is 5.79. The molecule has 0 radical (unpaired) electrons. The lowest BCUT2D eigenvalue weighted by Gasteiger charge is -2.28. The molecular formula is C48H55FN8O8. The van der Waals surface area contributed by atoms with Crippen LogP contribution >= 0.6 is 0 Å². The van der Waals surface area contributed by atoms with Crippen LogP contribution in [0.5, 0.6) is 5.75 Å². The molecule has 16 nitrogen and oxygen atoms in total. The summed E-state index contributed by atoms with van der Waals surface area (Å²) in [4.78, 5) is 71.6. The zero-order chi connectivity index (χ0) is 45.3. The molecule has 4 N–H and O–H groups in total. The minimum absolute atomic E-state index is 0.0240. The van der Waals surface area contributed by atoms with Gasteiger partial charge in [-0.25, -0.2) is 23.9 Å². The fourth-order valence-electron chi connectivity index (χ4n) is 8.93. The van der Waals surface area contributed by atoms with E-state index in [0.29, 0.717) is 68.5 Å². The molecule has 4 atom stereocenters. The molecule has 2 saturated heterocycles. The van der Waals surface area contributed by atoms with Crippen LogP contribution in [0.25, 0.3) is 33.6 Å². The maximum absolute atomic E-state index is 14.5. The zero-order valence-corrected chi connectivity index (χ0v) is 36.6. The van der Waals surface area contributed by atoms with E-state index in [1.54, 1.807) is 35.5 Å². The molecule has 342 valence electrons. The van der Waals surface area contributed by atoms with Crippen molar-refractivity contribution >= 4 is 24.0 Å². The monoisotopic (exact) mass is 890 g/mol. The van der Waals surface area contributed by atoms with Crippen LogP contribution in [-0.4, -0.2) is 113 Å². The number of likely N-dealkylation sites (tertiary alicyclic amines) is 1. The summed E-state index contributed by atoms with van der Waals surface area (Å²) >= 11 is 0. The average Bonchev–Trinajstić information content (AvgIpc) is 4.18. The fraction of sp³-hybridized carbons (Fsp3) is 0.417. The fourth-order valence-corrected chi connectivity index (χ4v) is 8.93. The number of fused-ring (bicyclic) bond motifs is 6. The van der Waals surface area contributed by atoms with Crippen molar-refractivity contribution in [3.8, 4) is 39.4 Å². The summed E-state index contributed by atoms with van der Waals surface area (Å²) in [6.07, 6.45) is 7.47. The van der Waals surface area contributed by atoms with Gasteiger partial charge in [-0.2, -0.15) is 0 Å². The molecule has 8 rings (SSSR count). The minimum Gasteiger partial charge on any atom is -0.493 e. The van der Waals surface area contributed by atoms with E-state index in [1.807, 2.05) is 35.2 Å². The summed E-state index contributed by atoms with van der Waals surface area (Å²) in [6, 6.07) is 18.8. The van der Waals surface area contributed by atoms with Gasteiger partial charge in [0, 0.05) is 37.7 Å². The average molecular weight is 891 g/mol. The van der Waals surface area contributed by atoms with Gasteiger partial charge in [-0.15, -0.1) is 0 Å². The molecule has 4 amide bonds. The Labute approximate surface area is 376 Å². The molecule has 2 fully saturated rings. The maximum atomic E-state index is 14.5. The number of amides is 4. The number of methoxy groups -OCH3 is 2. The Morgan fingerprint density at radius 2 is 1.52 bits per heavy atom. The Morgan fingerprint density at radius 3 is 2.32 bits per heavy atom. The predicted molar refractivity (Wildman–Crippen MR) is 238 cm³/mol. The van der Waals surface area contributed by atoms with E-state index in [2.05, 4.69) is 32.7 Å². The maximum Gasteiger partial charge on any atom is 0.407 e. The van der Waals surface area contributed by atoms with Crippen molar-refractivity contribution < 1.29 is 42.5 Å². The Bertz CT molecular complexity index is 2460. The molecule has 5 heterocycles. The first kappa shape index (κ1) is 44.8. The van der Waals surface area contributed by atoms with E-state index < -0.39 is 24.3 Å². The predicted octanol–water partition coefficient (Wildman–Crippen LogP) is 7.26. The van der Waals surface area contributed by atoms with Crippen molar-refractivity contribution in [1.29, 1.82) is 0 Å². The van der Waals surface area contributed by atoms with Gasteiger partial charge in [-0.3, -0.25) is 9.59 Å². The van der Waals surface area contributed by atoms with Gasteiger partial charge < -0.3 is 49.3 Å². The van der Waals surface area contributed by atoms with Crippen molar-refractivity contribution in [2.75, 3.05) is 47.1 Å². The quantitative estimate of drug-likeness (QED) is 0.111. The third-order valence-corrected chi connectivity index (χ3v) is 12.4. The highest BCUT2D eigenvalue weighted by Crippen LogP contribution is 2.38. The molecule has 65 heavy (non-hydrogen) atoms. The van der Waals surface area contributed by atoms with Gasteiger partial charge in [-0.1, -0.05) is 48.5 Å². The molecule has 0 spiro atoms. The molecule has 3 aliphatic rings. The van der Waals surface area contributed by atoms with Crippen molar-refractivity contribution in [3.05, 3.63) is 102 Å². The summed E-state index contributed by atoms with van der Waals surface area (Å²) in [5.74, 6) is 1.41. The highest BCUT2D eigenvalue weighted by atomic mass is 19.1. The lowest BCUT2D eigenvalue weighted by atomic mass is 10.00. The van der Waals surface area contributed by atoms with Crippen LogP contribution in [0, 0.1) is 5.82 Å². The second kappa shape index (κ2) is 20.8. The van der Waals surface area contributed by atoms with E-state index in [-0.39, 0.29) is 49.2 Å². The number of aromatic nitrogens is 4. The molecule has 17 heteroatoms. The molecule has 3 aromatic carbocycles. The number of nitrogens with one attached hydrogen (secondary N) is 4. The Balaban J connectivity index is 0.947. The van der Waals surface area contributed by atoms with Crippen LogP contribution in [0.4, 0.5) is 14.0 Å². The molecule has 2 aromatic heterocycles. The summed E-state index contributed by atoms with van der Waals surface area (Å²) in [5, 5.41) is 5.41. The standard InChI is InChI=1S/C48H55FN8O8/c1-62-47(60)52-34(25-33-9-3-4-10-36(33)49)18-20-43(58)56-21-7-11-40(56)44-50-27-37(53-44)31-15-13-30(14-16-31)32-17-19-35-38-28-51-45(54-38)41-12-8-22-57(41)46(59)39(55-48(61)63-2)29-64-23-5-6-24-65-42(35)26-32/h3-4,9-10,13-17,19,26-28,34,39-41H,5-8,11-12,18,20-25,29H2,1-2H3,(H,50,53)(H,51,54)(H,52,60)(H,55,61)/t34-,39-,40-,41-/m0/s1. The van der Waals surface area contributed by atoms with Gasteiger partial charge in [-0.05, 0) is 91.8 Å². The number of alkyl carbamates (subject to hydrolysis) is 2. The molecule has 0 unspecified atom stereocenters. The molecule has 0 saturated carbocycles. The van der Waals surface area contributed by atoms with E-state index in [9.17, 15) is 23.6 Å². The highest BCUT2D eigenvalue weighted by Gasteiger charge is 2.37. The van der Waals surface area contributed by atoms with E-state index in [1.165, 1.54) is 20.3 Å². The van der Waals surface area contributed by atoms with Crippen molar-refractivity contribution in [1.82, 2.24) is 40.4 Å². The van der Waals surface area contributed by atoms with Crippen LogP contribution in [0.2, 0.25) is 0 Å². The van der Waals surface area contributed by atoms with E-state index in [0.717, 1.165) is 59.3 Å². The Morgan fingerprint density at radius 1 is 0.831 bits per heavy atom. The largest absolute Gasteiger partial charge is 0.493 e. The number of hydrogen-bond donors (Lipinski definition) is 4. The number of halogens is 1. The zero-order valence-electron chi connectivity index (χ0n) is 36.6. The highest BCUT2D eigenvalue weighted by molar-refractivity contribution is 5.86. The van der Waals surface area contributed by atoms with Gasteiger partial charge >= 0.3 is 12.2 Å². The second-order valence-corrected chi connectivity index (χ2v) is 16.6. The van der Waals surface area contributed by atoms with Crippen LogP contribution in [0.15, 0.2) is 79.1 Å². The lowest BCUT2D eigenvalue weighted by Crippen LogP contribution is -2.50. The molecule has 0 aliphatic carbocycles. The number of nitrogens with zero attached hydrogens (tertiary/aromatic N) is 4. The van der Waals surface area contributed by atoms with Crippen LogP contribution in [0.3, 0.4) is 0 Å². The number of imidazole rings is 2. The van der Waals surface area contributed by atoms with E-state index >= 15 is 0 Å². The third kappa shape index (κ3) is 10.6. The molecule has 3 aliphatic heterocycles. The molecular weight excluding hydrogens is 836 g/mol. The van der Waals surface area contributed by atoms with Crippen LogP contribution in [-0.2, 0) is 30.2 Å². The number of hydrogen-bond acceptors (Lipinski definition) is 10.